The van der Waals surface area contributed by atoms with Crippen LogP contribution in [0.1, 0.15) is 63.4 Å². The summed E-state index contributed by atoms with van der Waals surface area (Å²) in [5, 5.41) is 2.36. The van der Waals surface area contributed by atoms with Gasteiger partial charge in [-0.1, -0.05) is 18.9 Å². The second-order valence-electron chi connectivity index (χ2n) is 8.70. The van der Waals surface area contributed by atoms with E-state index in [1.54, 1.807) is 0 Å². The van der Waals surface area contributed by atoms with E-state index in [9.17, 15) is 14.0 Å². The number of hydrogen-bond acceptors (Lipinski definition) is 5. The molecule has 1 aliphatic heterocycles. The summed E-state index contributed by atoms with van der Waals surface area (Å²) in [5.74, 6) is 0.245. The molecule has 29 heavy (non-hydrogen) atoms. The molecule has 1 aromatic rings. The van der Waals surface area contributed by atoms with Crippen molar-refractivity contribution in [3.8, 4) is 5.75 Å². The molecule has 2 aliphatic carbocycles. The van der Waals surface area contributed by atoms with Crippen molar-refractivity contribution in [2.45, 2.75) is 63.3 Å². The van der Waals surface area contributed by atoms with Gasteiger partial charge >= 0.3 is 0 Å². The molecular weight excluding hydrogens is 373 g/mol. The summed E-state index contributed by atoms with van der Waals surface area (Å²) in [6, 6.07) is 5.19. The molecule has 0 spiro atoms. The van der Waals surface area contributed by atoms with E-state index in [-0.39, 0.29) is 29.1 Å². The van der Waals surface area contributed by atoms with Crippen LogP contribution in [0.25, 0.3) is 0 Å². The number of nitrogens with one attached hydrogen (secondary N) is 3. The van der Waals surface area contributed by atoms with E-state index in [0.717, 1.165) is 50.6 Å². The van der Waals surface area contributed by atoms with Crippen molar-refractivity contribution in [2.24, 2.45) is 11.8 Å². The van der Waals surface area contributed by atoms with Gasteiger partial charge in [0, 0.05) is 18.9 Å². The van der Waals surface area contributed by atoms with E-state index in [2.05, 4.69) is 16.2 Å². The minimum atomic E-state index is -0.296. The first-order valence-electron chi connectivity index (χ1n) is 10.8. The maximum Gasteiger partial charge on any atom is 0.230 e. The van der Waals surface area contributed by atoms with E-state index < -0.39 is 0 Å². The number of rotatable bonds is 12. The Hall–Kier alpha value is -1.99. The lowest BCUT2D eigenvalue weighted by atomic mass is 10.00. The van der Waals surface area contributed by atoms with Gasteiger partial charge < -0.3 is 4.74 Å². The van der Waals surface area contributed by atoms with Gasteiger partial charge in [0.25, 0.3) is 0 Å². The number of unbranched alkanes of at least 4 members (excludes halogenated alkanes) is 2. The van der Waals surface area contributed by atoms with Crippen LogP contribution in [0.3, 0.4) is 0 Å². The van der Waals surface area contributed by atoms with E-state index >= 15 is 0 Å². The standard InChI is InChI=1S/C22H30FN3O3/c23-18-8-7-17(13-19(18)29-14-15-5-6-15)22(9-10-22)26-24-11-3-1-2-4-16-12-20(27)25-21(16)28/h7-8,13,15-16,24,26H,1-6,9-12,14H2,(H,25,27,28). The lowest BCUT2D eigenvalue weighted by molar-refractivity contribution is -0.125. The smallest absolute Gasteiger partial charge is 0.230 e. The maximum absolute atomic E-state index is 14.0. The molecule has 158 valence electrons. The zero-order valence-electron chi connectivity index (χ0n) is 16.8. The molecule has 0 radical (unpaired) electrons. The number of hydrogen-bond donors (Lipinski definition) is 3. The van der Waals surface area contributed by atoms with Crippen LogP contribution in [0.2, 0.25) is 0 Å². The number of benzene rings is 1. The molecule has 1 saturated heterocycles. The summed E-state index contributed by atoms with van der Waals surface area (Å²) in [5.41, 5.74) is 7.66. The summed E-state index contributed by atoms with van der Waals surface area (Å²) in [4.78, 5) is 22.7. The van der Waals surface area contributed by atoms with Gasteiger partial charge in [-0.25, -0.2) is 9.82 Å². The van der Waals surface area contributed by atoms with Crippen LogP contribution in [-0.4, -0.2) is 25.0 Å². The first-order valence-corrected chi connectivity index (χ1v) is 10.8. The van der Waals surface area contributed by atoms with Crippen molar-refractivity contribution in [2.75, 3.05) is 13.2 Å². The Bertz CT molecular complexity index is 762. The first-order chi connectivity index (χ1) is 14.1. The SMILES string of the molecule is O=C1CC(CCCCCNNC2(c3ccc(F)c(OCC4CC4)c3)CC2)C(=O)N1. The summed E-state index contributed by atoms with van der Waals surface area (Å²) in [6.45, 7) is 1.43. The van der Waals surface area contributed by atoms with Gasteiger partial charge in [0.15, 0.2) is 11.6 Å². The lowest BCUT2D eigenvalue weighted by Crippen LogP contribution is -2.41. The largest absolute Gasteiger partial charge is 0.490 e. The second kappa shape index (κ2) is 8.79. The number of carbonyl (C=O) groups is 2. The van der Waals surface area contributed by atoms with Gasteiger partial charge in [-0.2, -0.15) is 0 Å². The highest BCUT2D eigenvalue weighted by Gasteiger charge is 2.44. The number of amides is 2. The fourth-order valence-electron chi connectivity index (χ4n) is 3.87. The van der Waals surface area contributed by atoms with E-state index in [1.165, 1.54) is 18.9 Å². The Morgan fingerprint density at radius 1 is 1.17 bits per heavy atom. The van der Waals surface area contributed by atoms with Gasteiger partial charge in [0.1, 0.15) is 0 Å². The molecule has 1 unspecified atom stereocenters. The summed E-state index contributed by atoms with van der Waals surface area (Å²) < 4.78 is 19.7. The molecule has 0 bridgehead atoms. The van der Waals surface area contributed by atoms with Gasteiger partial charge in [0.05, 0.1) is 12.1 Å². The van der Waals surface area contributed by atoms with Crippen LogP contribution in [0.15, 0.2) is 18.2 Å². The summed E-state index contributed by atoms with van der Waals surface area (Å²) in [7, 11) is 0. The minimum Gasteiger partial charge on any atom is -0.490 e. The first kappa shape index (κ1) is 20.3. The van der Waals surface area contributed by atoms with E-state index in [0.29, 0.717) is 24.7 Å². The fraction of sp³-hybridized carbons (Fsp3) is 0.636. The van der Waals surface area contributed by atoms with Crippen LogP contribution in [0, 0.1) is 17.7 Å². The van der Waals surface area contributed by atoms with Crippen LogP contribution < -0.4 is 20.9 Å². The third kappa shape index (κ3) is 5.34. The van der Waals surface area contributed by atoms with Crippen molar-refractivity contribution in [3.05, 3.63) is 29.6 Å². The summed E-state index contributed by atoms with van der Waals surface area (Å²) >= 11 is 0. The monoisotopic (exact) mass is 403 g/mol. The predicted octanol–water partition coefficient (Wildman–Crippen LogP) is 2.92. The highest BCUT2D eigenvalue weighted by molar-refractivity contribution is 6.03. The molecule has 2 amide bonds. The normalized spacial score (nSPS) is 22.6. The quantitative estimate of drug-likeness (QED) is 0.284. The molecule has 2 saturated carbocycles. The molecule has 4 rings (SSSR count). The Balaban J connectivity index is 1.16. The molecule has 1 aromatic carbocycles. The molecule has 3 fully saturated rings. The number of imide groups is 1. The number of ether oxygens (including phenoxy) is 1. The molecule has 7 heteroatoms. The van der Waals surface area contributed by atoms with Crippen molar-refractivity contribution in [1.82, 2.24) is 16.2 Å². The molecule has 0 aromatic heterocycles. The molecule has 3 aliphatic rings. The number of halogens is 1. The zero-order chi connectivity index (χ0) is 20.3. The minimum absolute atomic E-state index is 0.120. The Labute approximate surface area is 170 Å². The second-order valence-corrected chi connectivity index (χ2v) is 8.70. The molecular formula is C22H30FN3O3. The number of carbonyl (C=O) groups excluding carboxylic acids is 2. The summed E-state index contributed by atoms with van der Waals surface area (Å²) in [6.07, 6.45) is 8.44. The van der Waals surface area contributed by atoms with E-state index in [4.69, 9.17) is 4.74 Å². The van der Waals surface area contributed by atoms with Crippen LogP contribution >= 0.6 is 0 Å². The van der Waals surface area contributed by atoms with E-state index in [1.807, 2.05) is 12.1 Å². The van der Waals surface area contributed by atoms with Gasteiger partial charge in [-0.15, -0.1) is 0 Å². The van der Waals surface area contributed by atoms with Crippen LogP contribution in [-0.2, 0) is 15.1 Å². The Morgan fingerprint density at radius 2 is 2.00 bits per heavy atom. The van der Waals surface area contributed by atoms with Crippen LogP contribution in [0.4, 0.5) is 4.39 Å². The third-order valence-corrected chi connectivity index (χ3v) is 6.15. The molecule has 1 heterocycles. The molecule has 6 nitrogen and oxygen atoms in total. The van der Waals surface area contributed by atoms with Gasteiger partial charge in [-0.05, 0) is 62.1 Å². The van der Waals surface area contributed by atoms with Gasteiger partial charge in [0.2, 0.25) is 11.8 Å². The Morgan fingerprint density at radius 3 is 2.69 bits per heavy atom. The highest BCUT2D eigenvalue weighted by atomic mass is 19.1. The third-order valence-electron chi connectivity index (χ3n) is 6.15. The van der Waals surface area contributed by atoms with Crippen molar-refractivity contribution < 1.29 is 18.7 Å². The Kier molecular flexibility index (Phi) is 6.15. The van der Waals surface area contributed by atoms with Crippen LogP contribution in [0.5, 0.6) is 5.75 Å². The zero-order valence-corrected chi connectivity index (χ0v) is 16.8. The predicted molar refractivity (Wildman–Crippen MR) is 106 cm³/mol. The average molecular weight is 403 g/mol. The fourth-order valence-corrected chi connectivity index (χ4v) is 3.87. The highest BCUT2D eigenvalue weighted by Crippen LogP contribution is 2.46. The van der Waals surface area contributed by atoms with Crippen molar-refractivity contribution >= 4 is 11.8 Å². The van der Waals surface area contributed by atoms with Crippen molar-refractivity contribution in [1.29, 1.82) is 0 Å². The molecule has 3 N–H and O–H groups in total. The number of hydrazine groups is 1. The lowest BCUT2D eigenvalue weighted by Gasteiger charge is -2.20. The van der Waals surface area contributed by atoms with Gasteiger partial charge in [-0.3, -0.25) is 20.3 Å². The average Bonchev–Trinajstić information content (AvgIpc) is 3.61. The topological polar surface area (TPSA) is 79.5 Å². The maximum atomic E-state index is 14.0. The molecule has 1 atom stereocenters. The van der Waals surface area contributed by atoms with Crippen molar-refractivity contribution in [3.63, 3.8) is 0 Å².